The molecule has 1 aliphatic rings. The molecule has 0 aromatic heterocycles. The van der Waals surface area contributed by atoms with Gasteiger partial charge in [-0.3, -0.25) is 0 Å². The minimum atomic E-state index is -3.56. The Bertz CT molecular complexity index is 554. The second-order valence-corrected chi connectivity index (χ2v) is 7.57. The standard InChI is InChI=1S/C13H19ClN2O2S/c1-16(9-10-4-2-3-5-10)19(17,18)13-8-11(14)6-7-12(13)15/h6-8,10H,2-5,9,15H2,1H3. The molecule has 0 atom stereocenters. The number of benzene rings is 1. The molecule has 0 amide bonds. The van der Waals surface area contributed by atoms with E-state index < -0.39 is 10.0 Å². The Balaban J connectivity index is 2.22. The molecule has 1 aromatic carbocycles. The number of rotatable bonds is 4. The average Bonchev–Trinajstić information content (AvgIpc) is 2.85. The highest BCUT2D eigenvalue weighted by Crippen LogP contribution is 2.29. The van der Waals surface area contributed by atoms with Gasteiger partial charge in [-0.2, -0.15) is 0 Å². The molecule has 0 radical (unpaired) electrons. The molecule has 0 bridgehead atoms. The number of nitrogen functional groups attached to an aromatic ring is 1. The van der Waals surface area contributed by atoms with Crippen molar-refractivity contribution < 1.29 is 8.42 Å². The molecule has 1 aromatic rings. The maximum atomic E-state index is 12.5. The summed E-state index contributed by atoms with van der Waals surface area (Å²) in [6.07, 6.45) is 4.59. The number of nitrogens with zero attached hydrogens (tertiary/aromatic N) is 1. The van der Waals surface area contributed by atoms with E-state index in [0.717, 1.165) is 12.8 Å². The first kappa shape index (κ1) is 14.6. The van der Waals surface area contributed by atoms with Gasteiger partial charge in [0.2, 0.25) is 10.0 Å². The number of nitrogens with two attached hydrogens (primary N) is 1. The fourth-order valence-corrected chi connectivity index (χ4v) is 4.18. The quantitative estimate of drug-likeness (QED) is 0.870. The fourth-order valence-electron chi connectivity index (χ4n) is 2.55. The van der Waals surface area contributed by atoms with Crippen LogP contribution in [0, 0.1) is 5.92 Å². The third kappa shape index (κ3) is 3.22. The van der Waals surface area contributed by atoms with Gasteiger partial charge < -0.3 is 5.73 Å². The van der Waals surface area contributed by atoms with Crippen molar-refractivity contribution in [1.29, 1.82) is 0 Å². The minimum Gasteiger partial charge on any atom is -0.398 e. The van der Waals surface area contributed by atoms with Crippen molar-refractivity contribution in [1.82, 2.24) is 4.31 Å². The molecule has 0 heterocycles. The predicted molar refractivity (Wildman–Crippen MR) is 77.6 cm³/mol. The van der Waals surface area contributed by atoms with Crippen molar-refractivity contribution in [3.8, 4) is 0 Å². The van der Waals surface area contributed by atoms with Crippen molar-refractivity contribution in [2.45, 2.75) is 30.6 Å². The lowest BCUT2D eigenvalue weighted by molar-refractivity contribution is 0.387. The third-order valence-corrected chi connectivity index (χ3v) is 5.77. The lowest BCUT2D eigenvalue weighted by Gasteiger charge is -2.21. The van der Waals surface area contributed by atoms with Gasteiger partial charge in [-0.15, -0.1) is 0 Å². The largest absolute Gasteiger partial charge is 0.398 e. The van der Waals surface area contributed by atoms with Crippen LogP contribution < -0.4 is 5.73 Å². The highest BCUT2D eigenvalue weighted by Gasteiger charge is 2.27. The van der Waals surface area contributed by atoms with Crippen molar-refractivity contribution in [3.05, 3.63) is 23.2 Å². The second kappa shape index (κ2) is 5.69. The van der Waals surface area contributed by atoms with Gasteiger partial charge in [0.1, 0.15) is 4.90 Å². The van der Waals surface area contributed by atoms with Crippen molar-refractivity contribution >= 4 is 27.3 Å². The van der Waals surface area contributed by atoms with Crippen LogP contribution in [0.15, 0.2) is 23.1 Å². The van der Waals surface area contributed by atoms with Crippen LogP contribution in [0.4, 0.5) is 5.69 Å². The lowest BCUT2D eigenvalue weighted by atomic mass is 10.1. The first-order valence-corrected chi connectivity index (χ1v) is 8.24. The van der Waals surface area contributed by atoms with Crippen LogP contribution in [0.5, 0.6) is 0 Å². The molecule has 0 saturated heterocycles. The van der Waals surface area contributed by atoms with Crippen LogP contribution >= 0.6 is 11.6 Å². The summed E-state index contributed by atoms with van der Waals surface area (Å²) >= 11 is 5.86. The van der Waals surface area contributed by atoms with E-state index in [0.29, 0.717) is 17.5 Å². The summed E-state index contributed by atoms with van der Waals surface area (Å²) in [6, 6.07) is 4.53. The van der Waals surface area contributed by atoms with E-state index in [2.05, 4.69) is 0 Å². The van der Waals surface area contributed by atoms with Gasteiger partial charge in [-0.05, 0) is 37.0 Å². The first-order valence-electron chi connectivity index (χ1n) is 6.42. The molecule has 106 valence electrons. The monoisotopic (exact) mass is 302 g/mol. The zero-order valence-electron chi connectivity index (χ0n) is 11.0. The van der Waals surface area contributed by atoms with E-state index >= 15 is 0 Å². The summed E-state index contributed by atoms with van der Waals surface area (Å²) in [4.78, 5) is 0.0977. The minimum absolute atomic E-state index is 0.0977. The summed E-state index contributed by atoms with van der Waals surface area (Å²) in [6.45, 7) is 0.550. The van der Waals surface area contributed by atoms with E-state index in [1.54, 1.807) is 13.1 Å². The Morgan fingerprint density at radius 3 is 2.63 bits per heavy atom. The van der Waals surface area contributed by atoms with Crippen LogP contribution in [-0.4, -0.2) is 26.3 Å². The Kier molecular flexibility index (Phi) is 4.38. The van der Waals surface area contributed by atoms with E-state index in [9.17, 15) is 8.42 Å². The number of halogens is 1. The Labute approximate surface area is 119 Å². The van der Waals surface area contributed by atoms with Crippen molar-refractivity contribution in [2.24, 2.45) is 5.92 Å². The van der Waals surface area contributed by atoms with Crippen molar-refractivity contribution in [2.75, 3.05) is 19.3 Å². The maximum absolute atomic E-state index is 12.5. The zero-order valence-corrected chi connectivity index (χ0v) is 12.5. The second-order valence-electron chi connectivity index (χ2n) is 5.12. The van der Waals surface area contributed by atoms with Crippen molar-refractivity contribution in [3.63, 3.8) is 0 Å². The SMILES string of the molecule is CN(CC1CCCC1)S(=O)(=O)c1cc(Cl)ccc1N. The Morgan fingerprint density at radius 1 is 1.37 bits per heavy atom. The van der Waals surface area contributed by atoms with Gasteiger partial charge in [0.15, 0.2) is 0 Å². The van der Waals surface area contributed by atoms with Gasteiger partial charge in [-0.1, -0.05) is 24.4 Å². The molecule has 0 spiro atoms. The molecule has 1 fully saturated rings. The molecule has 1 saturated carbocycles. The topological polar surface area (TPSA) is 63.4 Å². The smallest absolute Gasteiger partial charge is 0.244 e. The summed E-state index contributed by atoms with van der Waals surface area (Å²) in [5, 5.41) is 0.377. The third-order valence-electron chi connectivity index (χ3n) is 3.65. The van der Waals surface area contributed by atoms with E-state index in [1.165, 1.54) is 29.3 Å². The highest BCUT2D eigenvalue weighted by atomic mass is 35.5. The molecule has 4 nitrogen and oxygen atoms in total. The van der Waals surface area contributed by atoms with Crippen LogP contribution in [0.2, 0.25) is 5.02 Å². The number of hydrogen-bond donors (Lipinski definition) is 1. The normalized spacial score (nSPS) is 17.2. The van der Waals surface area contributed by atoms with E-state index in [-0.39, 0.29) is 10.6 Å². The Morgan fingerprint density at radius 2 is 2.00 bits per heavy atom. The molecule has 0 unspecified atom stereocenters. The fraction of sp³-hybridized carbons (Fsp3) is 0.538. The van der Waals surface area contributed by atoms with E-state index in [4.69, 9.17) is 17.3 Å². The van der Waals surface area contributed by atoms with E-state index in [1.807, 2.05) is 0 Å². The van der Waals surface area contributed by atoms with Crippen LogP contribution in [0.1, 0.15) is 25.7 Å². The number of hydrogen-bond acceptors (Lipinski definition) is 3. The summed E-state index contributed by atoms with van der Waals surface area (Å²) in [5.41, 5.74) is 6.00. The van der Waals surface area contributed by atoms with Gasteiger partial charge in [0.05, 0.1) is 5.69 Å². The Hall–Kier alpha value is -0.780. The molecule has 0 aliphatic heterocycles. The van der Waals surface area contributed by atoms with Gasteiger partial charge in [0.25, 0.3) is 0 Å². The van der Waals surface area contributed by atoms with Crippen LogP contribution in [0.25, 0.3) is 0 Å². The molecule has 2 N–H and O–H groups in total. The predicted octanol–water partition coefficient (Wildman–Crippen LogP) is 2.73. The molecular weight excluding hydrogens is 284 g/mol. The molecule has 1 aliphatic carbocycles. The number of anilines is 1. The molecule has 2 rings (SSSR count). The lowest BCUT2D eigenvalue weighted by Crippen LogP contribution is -2.31. The van der Waals surface area contributed by atoms with Crippen LogP contribution in [-0.2, 0) is 10.0 Å². The van der Waals surface area contributed by atoms with Crippen LogP contribution in [0.3, 0.4) is 0 Å². The van der Waals surface area contributed by atoms with Gasteiger partial charge in [-0.25, -0.2) is 12.7 Å². The number of sulfonamides is 1. The molecule has 6 heteroatoms. The molecule has 19 heavy (non-hydrogen) atoms. The van der Waals surface area contributed by atoms with Gasteiger partial charge in [0, 0.05) is 18.6 Å². The first-order chi connectivity index (χ1) is 8.91. The summed E-state index contributed by atoms with van der Waals surface area (Å²) in [7, 11) is -1.95. The summed E-state index contributed by atoms with van der Waals surface area (Å²) in [5.74, 6) is 0.459. The van der Waals surface area contributed by atoms with Gasteiger partial charge >= 0.3 is 0 Å². The maximum Gasteiger partial charge on any atom is 0.244 e. The summed E-state index contributed by atoms with van der Waals surface area (Å²) < 4.78 is 26.4. The highest BCUT2D eigenvalue weighted by molar-refractivity contribution is 7.89. The zero-order chi connectivity index (χ0) is 14.0. The average molecular weight is 303 g/mol. The molecular formula is C13H19ClN2O2S.